The summed E-state index contributed by atoms with van der Waals surface area (Å²) in [7, 11) is 4.06. The van der Waals surface area contributed by atoms with Crippen molar-refractivity contribution in [3.05, 3.63) is 71.4 Å². The molecule has 1 aliphatic rings. The van der Waals surface area contributed by atoms with E-state index >= 15 is 0 Å². The fourth-order valence-electron chi connectivity index (χ4n) is 4.71. The van der Waals surface area contributed by atoms with E-state index in [1.54, 1.807) is 0 Å². The van der Waals surface area contributed by atoms with Crippen molar-refractivity contribution in [2.24, 2.45) is 5.92 Å². The molecule has 0 unspecified atom stereocenters. The average Bonchev–Trinajstić information content (AvgIpc) is 3.11. The summed E-state index contributed by atoms with van der Waals surface area (Å²) < 4.78 is 2.46. The van der Waals surface area contributed by atoms with Gasteiger partial charge in [0.05, 0.1) is 0 Å². The topological polar surface area (TPSA) is 40.5 Å². The number of aromatic nitrogens is 1. The van der Waals surface area contributed by atoms with E-state index in [9.17, 15) is 4.79 Å². The first kappa shape index (κ1) is 22.6. The van der Waals surface area contributed by atoms with Crippen LogP contribution in [0.2, 0.25) is 0 Å². The summed E-state index contributed by atoms with van der Waals surface area (Å²) in [6.45, 7) is 7.51. The second kappa shape index (κ2) is 10.3. The first-order chi connectivity index (χ1) is 15.5. The third-order valence-electron chi connectivity index (χ3n) is 6.52. The molecule has 5 nitrogen and oxygen atoms in total. The largest absolute Gasteiger partial charge is 0.355 e. The number of nitrogens with zero attached hydrogens (tertiary/aromatic N) is 3. The van der Waals surface area contributed by atoms with Gasteiger partial charge in [0.25, 0.3) is 0 Å². The Balaban J connectivity index is 1.42. The minimum Gasteiger partial charge on any atom is -0.355 e. The normalized spacial score (nSPS) is 15.5. The summed E-state index contributed by atoms with van der Waals surface area (Å²) in [5.74, 6) is 0.367. The van der Waals surface area contributed by atoms with E-state index in [0.29, 0.717) is 0 Å². The number of hydrogen-bond donors (Lipinski definition) is 1. The van der Waals surface area contributed by atoms with Gasteiger partial charge in [-0.25, -0.2) is 0 Å². The SMILES string of the molecule is Cc1cccc(Cn2c(CN3CCC(C(=O)NCCN(C)C)CC3)cc3ccccc32)c1. The number of likely N-dealkylation sites (tertiary alicyclic amines) is 1. The van der Waals surface area contributed by atoms with Crippen LogP contribution in [0.25, 0.3) is 10.9 Å². The first-order valence-electron chi connectivity index (χ1n) is 11.8. The molecule has 32 heavy (non-hydrogen) atoms. The van der Waals surface area contributed by atoms with Crippen LogP contribution in [-0.4, -0.2) is 60.5 Å². The summed E-state index contributed by atoms with van der Waals surface area (Å²) in [6, 6.07) is 19.8. The highest BCUT2D eigenvalue weighted by atomic mass is 16.1. The lowest BCUT2D eigenvalue weighted by Gasteiger charge is -2.31. The monoisotopic (exact) mass is 432 g/mol. The van der Waals surface area contributed by atoms with Crippen LogP contribution in [0.15, 0.2) is 54.6 Å². The van der Waals surface area contributed by atoms with Crippen molar-refractivity contribution in [3.8, 4) is 0 Å². The number of amides is 1. The van der Waals surface area contributed by atoms with Crippen molar-refractivity contribution in [1.29, 1.82) is 0 Å². The van der Waals surface area contributed by atoms with Gasteiger partial charge >= 0.3 is 0 Å². The highest BCUT2D eigenvalue weighted by molar-refractivity contribution is 5.81. The van der Waals surface area contributed by atoms with E-state index in [1.807, 2.05) is 14.1 Å². The molecule has 0 atom stereocenters. The number of para-hydroxylation sites is 1. The van der Waals surface area contributed by atoms with E-state index < -0.39 is 0 Å². The Bertz CT molecular complexity index is 1050. The van der Waals surface area contributed by atoms with Crippen LogP contribution in [0, 0.1) is 12.8 Å². The lowest BCUT2D eigenvalue weighted by atomic mass is 9.96. The molecule has 1 saturated heterocycles. The Morgan fingerprint density at radius 1 is 1.03 bits per heavy atom. The number of rotatable bonds is 8. The number of hydrogen-bond acceptors (Lipinski definition) is 3. The van der Waals surface area contributed by atoms with Crippen LogP contribution < -0.4 is 5.32 Å². The van der Waals surface area contributed by atoms with E-state index in [1.165, 1.54) is 27.7 Å². The Kier molecular flexibility index (Phi) is 7.28. The standard InChI is InChI=1S/C27H36N4O/c1-21-7-6-8-22(17-21)19-31-25(18-24-9-4-5-10-26(24)31)20-30-14-11-23(12-15-30)27(32)28-13-16-29(2)3/h4-10,17-18,23H,11-16,19-20H2,1-3H3,(H,28,32). The lowest BCUT2D eigenvalue weighted by Crippen LogP contribution is -2.41. The minimum absolute atomic E-state index is 0.145. The summed E-state index contributed by atoms with van der Waals surface area (Å²) in [4.78, 5) is 17.1. The number of aryl methyl sites for hydroxylation is 1. The maximum absolute atomic E-state index is 12.5. The predicted octanol–water partition coefficient (Wildman–Crippen LogP) is 3.89. The number of carbonyl (C=O) groups is 1. The molecular weight excluding hydrogens is 396 g/mol. The van der Waals surface area contributed by atoms with E-state index in [4.69, 9.17) is 0 Å². The summed E-state index contributed by atoms with van der Waals surface area (Å²) in [5, 5.41) is 4.40. The number of fused-ring (bicyclic) bond motifs is 1. The summed E-state index contributed by atoms with van der Waals surface area (Å²) >= 11 is 0. The molecule has 4 rings (SSSR count). The van der Waals surface area contributed by atoms with Crippen LogP contribution in [-0.2, 0) is 17.9 Å². The molecule has 2 heterocycles. The van der Waals surface area contributed by atoms with Gasteiger partial charge in [0.15, 0.2) is 0 Å². The molecule has 0 saturated carbocycles. The third kappa shape index (κ3) is 5.59. The molecule has 0 bridgehead atoms. The molecule has 3 aromatic rings. The molecule has 0 radical (unpaired) electrons. The van der Waals surface area contributed by atoms with Gasteiger partial charge < -0.3 is 14.8 Å². The van der Waals surface area contributed by atoms with Gasteiger partial charge in [0.1, 0.15) is 0 Å². The number of piperidine rings is 1. The number of likely N-dealkylation sites (N-methyl/N-ethyl adjacent to an activating group) is 1. The van der Waals surface area contributed by atoms with Crippen molar-refractivity contribution in [2.45, 2.75) is 32.9 Å². The summed E-state index contributed by atoms with van der Waals surface area (Å²) in [6.07, 6.45) is 1.87. The molecule has 0 spiro atoms. The third-order valence-corrected chi connectivity index (χ3v) is 6.52. The average molecular weight is 433 g/mol. The van der Waals surface area contributed by atoms with E-state index in [0.717, 1.165) is 52.1 Å². The van der Waals surface area contributed by atoms with Gasteiger partial charge in [-0.2, -0.15) is 0 Å². The Hall–Kier alpha value is -2.63. The van der Waals surface area contributed by atoms with Crippen molar-refractivity contribution in [1.82, 2.24) is 19.7 Å². The second-order valence-electron chi connectivity index (χ2n) is 9.41. The Morgan fingerprint density at radius 2 is 1.81 bits per heavy atom. The summed E-state index contributed by atoms with van der Waals surface area (Å²) in [5.41, 5.74) is 5.27. The lowest BCUT2D eigenvalue weighted by molar-refractivity contribution is -0.126. The Morgan fingerprint density at radius 3 is 2.56 bits per heavy atom. The van der Waals surface area contributed by atoms with Crippen LogP contribution in [0.5, 0.6) is 0 Å². The molecule has 170 valence electrons. The molecule has 5 heteroatoms. The molecule has 1 fully saturated rings. The highest BCUT2D eigenvalue weighted by Crippen LogP contribution is 2.25. The zero-order chi connectivity index (χ0) is 22.5. The Labute approximate surface area is 192 Å². The van der Waals surface area contributed by atoms with Crippen molar-refractivity contribution < 1.29 is 4.79 Å². The van der Waals surface area contributed by atoms with Gasteiger partial charge in [-0.1, -0.05) is 48.0 Å². The number of carbonyl (C=O) groups excluding carboxylic acids is 1. The minimum atomic E-state index is 0.145. The van der Waals surface area contributed by atoms with Crippen LogP contribution in [0.3, 0.4) is 0 Å². The molecular formula is C27H36N4O. The molecule has 1 aliphatic heterocycles. The van der Waals surface area contributed by atoms with Crippen molar-refractivity contribution in [2.75, 3.05) is 40.3 Å². The quantitative estimate of drug-likeness (QED) is 0.587. The fourth-order valence-corrected chi connectivity index (χ4v) is 4.71. The smallest absolute Gasteiger partial charge is 0.223 e. The maximum atomic E-state index is 12.5. The predicted molar refractivity (Wildman–Crippen MR) is 132 cm³/mol. The van der Waals surface area contributed by atoms with E-state index in [2.05, 4.69) is 81.2 Å². The second-order valence-corrected chi connectivity index (χ2v) is 9.41. The van der Waals surface area contributed by atoms with Crippen LogP contribution in [0.4, 0.5) is 0 Å². The molecule has 1 amide bonds. The van der Waals surface area contributed by atoms with Crippen molar-refractivity contribution in [3.63, 3.8) is 0 Å². The van der Waals surface area contributed by atoms with Gasteiger partial charge in [-0.05, 0) is 70.0 Å². The first-order valence-corrected chi connectivity index (χ1v) is 11.8. The number of benzene rings is 2. The molecule has 1 aromatic heterocycles. The van der Waals surface area contributed by atoms with Gasteiger partial charge in [0, 0.05) is 43.3 Å². The zero-order valence-electron chi connectivity index (χ0n) is 19.7. The fraction of sp³-hybridized carbons (Fsp3) is 0.444. The van der Waals surface area contributed by atoms with Crippen LogP contribution in [0.1, 0.15) is 29.7 Å². The van der Waals surface area contributed by atoms with Crippen molar-refractivity contribution >= 4 is 16.8 Å². The molecule has 1 N–H and O–H groups in total. The van der Waals surface area contributed by atoms with Gasteiger partial charge in [0.2, 0.25) is 5.91 Å². The zero-order valence-corrected chi connectivity index (χ0v) is 19.7. The maximum Gasteiger partial charge on any atom is 0.223 e. The molecule has 0 aliphatic carbocycles. The molecule has 2 aromatic carbocycles. The van der Waals surface area contributed by atoms with E-state index in [-0.39, 0.29) is 11.8 Å². The van der Waals surface area contributed by atoms with Gasteiger partial charge in [-0.3, -0.25) is 9.69 Å². The number of nitrogens with one attached hydrogen (secondary N) is 1. The van der Waals surface area contributed by atoms with Gasteiger partial charge in [-0.15, -0.1) is 0 Å². The van der Waals surface area contributed by atoms with Crippen LogP contribution >= 0.6 is 0 Å². The highest BCUT2D eigenvalue weighted by Gasteiger charge is 2.25.